The Morgan fingerprint density at radius 3 is 2.43 bits per heavy atom. The van der Waals surface area contributed by atoms with E-state index in [0.29, 0.717) is 44.6 Å². The van der Waals surface area contributed by atoms with Crippen molar-refractivity contribution in [1.29, 1.82) is 0 Å². The van der Waals surface area contributed by atoms with E-state index in [1.807, 2.05) is 72.2 Å². The molecule has 0 saturated carbocycles. The van der Waals surface area contributed by atoms with Gasteiger partial charge in [0.2, 0.25) is 5.91 Å². The van der Waals surface area contributed by atoms with E-state index in [2.05, 4.69) is 15.5 Å². The molecule has 35 heavy (non-hydrogen) atoms. The van der Waals surface area contributed by atoms with Crippen molar-refractivity contribution in [2.24, 2.45) is 0 Å². The number of thioether (sulfide) groups is 1. The fraction of sp³-hybridized carbons (Fsp3) is 0.192. The van der Waals surface area contributed by atoms with Crippen LogP contribution in [0, 0.1) is 0 Å². The molecule has 1 atom stereocenters. The molecule has 0 fully saturated rings. The lowest BCUT2D eigenvalue weighted by molar-refractivity contribution is -0.121. The van der Waals surface area contributed by atoms with Gasteiger partial charge in [0.1, 0.15) is 0 Å². The second-order valence-corrected chi connectivity index (χ2v) is 10.2. The third kappa shape index (κ3) is 6.39. The number of nitrogens with zero attached hydrogens (tertiary/aromatic N) is 3. The minimum atomic E-state index is -0.0349. The van der Waals surface area contributed by atoms with Gasteiger partial charge in [0.25, 0.3) is 0 Å². The summed E-state index contributed by atoms with van der Waals surface area (Å²) in [6, 6.07) is 22.7. The lowest BCUT2D eigenvalue weighted by atomic mass is 10.1. The predicted octanol–water partition coefficient (Wildman–Crippen LogP) is 7.64. The van der Waals surface area contributed by atoms with Crippen LogP contribution in [0.3, 0.4) is 0 Å². The maximum absolute atomic E-state index is 12.4. The summed E-state index contributed by atoms with van der Waals surface area (Å²) in [5, 5.41) is 14.0. The first-order valence-corrected chi connectivity index (χ1v) is 13.2. The number of amides is 1. The zero-order valence-corrected chi connectivity index (χ0v) is 22.0. The summed E-state index contributed by atoms with van der Waals surface area (Å²) in [4.78, 5) is 12.4. The molecule has 0 aliphatic rings. The van der Waals surface area contributed by atoms with Crippen LogP contribution in [0.1, 0.15) is 31.4 Å². The van der Waals surface area contributed by atoms with Crippen molar-refractivity contribution in [2.45, 2.75) is 31.0 Å². The van der Waals surface area contributed by atoms with Crippen molar-refractivity contribution in [3.8, 4) is 17.1 Å². The molecule has 3 aromatic carbocycles. The van der Waals surface area contributed by atoms with Gasteiger partial charge in [-0.25, -0.2) is 0 Å². The number of carbonyl (C=O) groups is 1. The highest BCUT2D eigenvalue weighted by Crippen LogP contribution is 2.34. The number of hydrogen-bond acceptors (Lipinski definition) is 4. The Kier molecular flexibility index (Phi) is 8.74. The van der Waals surface area contributed by atoms with Gasteiger partial charge in [-0.05, 0) is 49.2 Å². The van der Waals surface area contributed by atoms with Crippen LogP contribution in [0.4, 0.5) is 0 Å². The topological polar surface area (TPSA) is 59.8 Å². The van der Waals surface area contributed by atoms with E-state index in [-0.39, 0.29) is 11.9 Å². The number of benzene rings is 3. The van der Waals surface area contributed by atoms with E-state index in [9.17, 15) is 4.79 Å². The van der Waals surface area contributed by atoms with Gasteiger partial charge >= 0.3 is 0 Å². The number of nitrogens with one attached hydrogen (secondary N) is 1. The van der Waals surface area contributed by atoms with Gasteiger partial charge in [-0.1, -0.05) is 89.0 Å². The summed E-state index contributed by atoms with van der Waals surface area (Å²) in [6.45, 7) is 1.98. The highest BCUT2D eigenvalue weighted by atomic mass is 35.5. The van der Waals surface area contributed by atoms with Gasteiger partial charge in [-0.3, -0.25) is 9.36 Å². The Labute approximate surface area is 223 Å². The molecule has 0 radical (unpaired) electrons. The van der Waals surface area contributed by atoms with Crippen LogP contribution in [0.2, 0.25) is 15.1 Å². The first kappa shape index (κ1) is 25.6. The summed E-state index contributed by atoms with van der Waals surface area (Å²) in [5.74, 6) is 1.31. The standard InChI is InChI=1S/C26H23Cl3N4OS/c1-17(18-8-3-2-4-9-18)30-24(34)12-7-15-35-26-32-31-25(20-10-5-6-11-21(20)27)33(26)19-13-14-22(28)23(29)16-19/h2-6,8-11,13-14,16-17H,7,12,15H2,1H3,(H,30,34). The molecule has 0 bridgehead atoms. The van der Waals surface area contributed by atoms with Crippen molar-refractivity contribution in [3.05, 3.63) is 93.4 Å². The molecule has 1 N–H and O–H groups in total. The highest BCUT2D eigenvalue weighted by molar-refractivity contribution is 7.99. The second kappa shape index (κ2) is 12.0. The number of carbonyl (C=O) groups excluding carboxylic acids is 1. The Bertz CT molecular complexity index is 1310. The van der Waals surface area contributed by atoms with E-state index in [1.165, 1.54) is 11.8 Å². The van der Waals surface area contributed by atoms with Crippen molar-refractivity contribution in [3.63, 3.8) is 0 Å². The molecule has 0 saturated heterocycles. The average Bonchev–Trinajstić information content (AvgIpc) is 3.28. The Balaban J connectivity index is 1.46. The summed E-state index contributed by atoms with van der Waals surface area (Å²) < 4.78 is 1.91. The third-order valence-electron chi connectivity index (χ3n) is 5.37. The van der Waals surface area contributed by atoms with E-state index < -0.39 is 0 Å². The van der Waals surface area contributed by atoms with Crippen LogP contribution in [-0.4, -0.2) is 26.4 Å². The van der Waals surface area contributed by atoms with Crippen LogP contribution in [0.15, 0.2) is 78.0 Å². The van der Waals surface area contributed by atoms with Crippen molar-refractivity contribution >= 4 is 52.5 Å². The quantitative estimate of drug-likeness (QED) is 0.173. The molecule has 1 unspecified atom stereocenters. The molecule has 0 aliphatic carbocycles. The van der Waals surface area contributed by atoms with Gasteiger partial charge < -0.3 is 5.32 Å². The molecule has 4 aromatic rings. The minimum absolute atomic E-state index is 0.0182. The van der Waals surface area contributed by atoms with Crippen LogP contribution in [-0.2, 0) is 4.79 Å². The molecule has 1 aromatic heterocycles. The molecule has 1 amide bonds. The van der Waals surface area contributed by atoms with Crippen molar-refractivity contribution in [1.82, 2.24) is 20.1 Å². The number of rotatable bonds is 9. The van der Waals surface area contributed by atoms with Crippen molar-refractivity contribution in [2.75, 3.05) is 5.75 Å². The SMILES string of the molecule is CC(NC(=O)CCCSc1nnc(-c2ccccc2Cl)n1-c1ccc(Cl)c(Cl)c1)c1ccccc1. The lowest BCUT2D eigenvalue weighted by Crippen LogP contribution is -2.26. The average molecular weight is 546 g/mol. The first-order valence-electron chi connectivity index (χ1n) is 11.1. The zero-order valence-electron chi connectivity index (χ0n) is 18.9. The predicted molar refractivity (Wildman–Crippen MR) is 145 cm³/mol. The number of hydrogen-bond donors (Lipinski definition) is 1. The zero-order chi connectivity index (χ0) is 24.8. The number of halogens is 3. The van der Waals surface area contributed by atoms with Gasteiger partial charge in [0, 0.05) is 17.7 Å². The maximum atomic E-state index is 12.4. The van der Waals surface area contributed by atoms with E-state index in [4.69, 9.17) is 34.8 Å². The molecule has 9 heteroatoms. The molecule has 1 heterocycles. The highest BCUT2D eigenvalue weighted by Gasteiger charge is 2.19. The molecule has 4 rings (SSSR count). The maximum Gasteiger partial charge on any atom is 0.220 e. The number of aromatic nitrogens is 3. The molecule has 5 nitrogen and oxygen atoms in total. The van der Waals surface area contributed by atoms with Gasteiger partial charge in [0.15, 0.2) is 11.0 Å². The Hall–Kier alpha value is -2.51. The van der Waals surface area contributed by atoms with Crippen LogP contribution in [0.5, 0.6) is 0 Å². The van der Waals surface area contributed by atoms with Crippen molar-refractivity contribution < 1.29 is 4.79 Å². The Morgan fingerprint density at radius 1 is 0.943 bits per heavy atom. The van der Waals surface area contributed by atoms with Gasteiger partial charge in [-0.2, -0.15) is 0 Å². The fourth-order valence-corrected chi connectivity index (χ4v) is 4.98. The molecular formula is C26H23Cl3N4OS. The Morgan fingerprint density at radius 2 is 1.69 bits per heavy atom. The molecular weight excluding hydrogens is 523 g/mol. The molecule has 0 aliphatic heterocycles. The third-order valence-corrected chi connectivity index (χ3v) is 7.45. The van der Waals surface area contributed by atoms with E-state index in [1.54, 1.807) is 12.1 Å². The second-order valence-electron chi connectivity index (χ2n) is 7.87. The first-order chi connectivity index (χ1) is 16.9. The van der Waals surface area contributed by atoms with Gasteiger partial charge in [-0.15, -0.1) is 10.2 Å². The van der Waals surface area contributed by atoms with Crippen LogP contribution >= 0.6 is 46.6 Å². The van der Waals surface area contributed by atoms with E-state index >= 15 is 0 Å². The van der Waals surface area contributed by atoms with Crippen LogP contribution in [0.25, 0.3) is 17.1 Å². The smallest absolute Gasteiger partial charge is 0.220 e. The van der Waals surface area contributed by atoms with Crippen LogP contribution < -0.4 is 5.32 Å². The normalized spacial score (nSPS) is 11.9. The summed E-state index contributed by atoms with van der Waals surface area (Å²) >= 11 is 20.4. The molecule has 180 valence electrons. The van der Waals surface area contributed by atoms with E-state index in [0.717, 1.165) is 16.8 Å². The molecule has 0 spiro atoms. The van der Waals surface area contributed by atoms with Gasteiger partial charge in [0.05, 0.1) is 26.8 Å². The minimum Gasteiger partial charge on any atom is -0.350 e. The summed E-state index contributed by atoms with van der Waals surface area (Å²) in [7, 11) is 0. The summed E-state index contributed by atoms with van der Waals surface area (Å²) in [5.41, 5.74) is 2.61. The monoisotopic (exact) mass is 544 g/mol. The fourth-order valence-electron chi connectivity index (χ4n) is 3.57. The lowest BCUT2D eigenvalue weighted by Gasteiger charge is -2.14. The summed E-state index contributed by atoms with van der Waals surface area (Å²) in [6.07, 6.45) is 1.11. The largest absolute Gasteiger partial charge is 0.350 e.